The van der Waals surface area contributed by atoms with Crippen LogP contribution in [0.1, 0.15) is 11.1 Å². The Kier molecular flexibility index (Phi) is 7.35. The Morgan fingerprint density at radius 1 is 1.14 bits per heavy atom. The number of nitrogens with zero attached hydrogens (tertiary/aromatic N) is 3. The maximum atomic E-state index is 12.7. The monoisotopic (exact) mass is 418 g/mol. The molecule has 1 N–H and O–H groups in total. The molecule has 1 amide bonds. The van der Waals surface area contributed by atoms with E-state index in [-0.39, 0.29) is 11.4 Å². The van der Waals surface area contributed by atoms with Crippen molar-refractivity contribution in [2.45, 2.75) is 11.8 Å². The van der Waals surface area contributed by atoms with E-state index in [1.54, 1.807) is 13.0 Å². The van der Waals surface area contributed by atoms with Crippen LogP contribution in [0.15, 0.2) is 52.5 Å². The predicted molar refractivity (Wildman–Crippen MR) is 114 cm³/mol. The first-order chi connectivity index (χ1) is 13.6. The molecule has 8 nitrogen and oxygen atoms in total. The molecule has 0 unspecified atom stereocenters. The van der Waals surface area contributed by atoms with Gasteiger partial charge in [0.05, 0.1) is 24.8 Å². The van der Waals surface area contributed by atoms with E-state index in [0.29, 0.717) is 11.3 Å². The number of methoxy groups -OCH3 is 1. The number of anilines is 1. The molecule has 0 aliphatic rings. The van der Waals surface area contributed by atoms with Gasteiger partial charge in [-0.15, -0.1) is 0 Å². The predicted octanol–water partition coefficient (Wildman–Crippen LogP) is 1.84. The fourth-order valence-electron chi connectivity index (χ4n) is 2.55. The molecule has 0 aromatic heterocycles. The van der Waals surface area contributed by atoms with Crippen LogP contribution in [0.5, 0.6) is 5.75 Å². The van der Waals surface area contributed by atoms with E-state index in [0.717, 1.165) is 15.6 Å². The van der Waals surface area contributed by atoms with Crippen LogP contribution in [0.3, 0.4) is 0 Å². The highest BCUT2D eigenvalue weighted by molar-refractivity contribution is 7.89. The van der Waals surface area contributed by atoms with Crippen LogP contribution in [0.25, 0.3) is 0 Å². The number of sulfonamides is 1. The highest BCUT2D eigenvalue weighted by Crippen LogP contribution is 2.23. The van der Waals surface area contributed by atoms with Gasteiger partial charge in [0.2, 0.25) is 10.0 Å². The van der Waals surface area contributed by atoms with Gasteiger partial charge >= 0.3 is 0 Å². The van der Waals surface area contributed by atoms with E-state index in [2.05, 4.69) is 10.5 Å². The molecule has 0 saturated carbocycles. The van der Waals surface area contributed by atoms with Crippen molar-refractivity contribution in [3.8, 4) is 5.75 Å². The SMILES string of the molecule is COc1ccc(S(=O)(=O)N(C)CC(=O)NN=Cc2ccc(N(C)C)cc2)cc1C. The summed E-state index contributed by atoms with van der Waals surface area (Å²) < 4.78 is 31.5. The molecule has 9 heteroatoms. The number of hydrazone groups is 1. The number of amides is 1. The molecule has 2 aromatic rings. The molecule has 2 aromatic carbocycles. The first-order valence-corrected chi connectivity index (χ1v) is 10.3. The Hall–Kier alpha value is -2.91. The van der Waals surface area contributed by atoms with Crippen LogP contribution in [-0.4, -0.2) is 59.6 Å². The number of ether oxygens (including phenoxy) is 1. The molecule has 0 saturated heterocycles. The van der Waals surface area contributed by atoms with Gasteiger partial charge in [-0.2, -0.15) is 9.41 Å². The van der Waals surface area contributed by atoms with Crippen molar-refractivity contribution in [2.24, 2.45) is 5.10 Å². The molecule has 0 fully saturated rings. The number of nitrogens with one attached hydrogen (secondary N) is 1. The van der Waals surface area contributed by atoms with Gasteiger partial charge in [-0.1, -0.05) is 12.1 Å². The lowest BCUT2D eigenvalue weighted by molar-refractivity contribution is -0.121. The summed E-state index contributed by atoms with van der Waals surface area (Å²) in [7, 11) is 2.94. The van der Waals surface area contributed by atoms with Crippen molar-refractivity contribution in [3.63, 3.8) is 0 Å². The van der Waals surface area contributed by atoms with E-state index >= 15 is 0 Å². The standard InChI is InChI=1S/C20H26N4O4S/c1-15-12-18(10-11-19(15)28-5)29(26,27)24(4)14-20(25)22-21-13-16-6-8-17(9-7-16)23(2)3/h6-13H,14H2,1-5H3,(H,22,25). The Balaban J connectivity index is 1.97. The van der Waals surface area contributed by atoms with Gasteiger partial charge in [-0.3, -0.25) is 4.79 Å². The Morgan fingerprint density at radius 2 is 1.79 bits per heavy atom. The average Bonchev–Trinajstić information content (AvgIpc) is 2.68. The van der Waals surface area contributed by atoms with Crippen molar-refractivity contribution >= 4 is 27.8 Å². The highest BCUT2D eigenvalue weighted by atomic mass is 32.2. The molecular formula is C20H26N4O4S. The van der Waals surface area contributed by atoms with E-state index < -0.39 is 15.9 Å². The van der Waals surface area contributed by atoms with E-state index in [4.69, 9.17) is 4.74 Å². The Morgan fingerprint density at radius 3 is 2.34 bits per heavy atom. The summed E-state index contributed by atoms with van der Waals surface area (Å²) in [5.74, 6) is 0.0553. The minimum Gasteiger partial charge on any atom is -0.496 e. The molecule has 0 bridgehead atoms. The minimum atomic E-state index is -3.81. The molecule has 0 atom stereocenters. The average molecular weight is 419 g/mol. The van der Waals surface area contributed by atoms with E-state index in [1.165, 1.54) is 32.5 Å². The quantitative estimate of drug-likeness (QED) is 0.522. The fourth-order valence-corrected chi connectivity index (χ4v) is 3.76. The van der Waals surface area contributed by atoms with Crippen LogP contribution in [0, 0.1) is 6.92 Å². The van der Waals surface area contributed by atoms with Crippen molar-refractivity contribution in [1.29, 1.82) is 0 Å². The zero-order valence-corrected chi connectivity index (χ0v) is 18.0. The second-order valence-corrected chi connectivity index (χ2v) is 8.72. The highest BCUT2D eigenvalue weighted by Gasteiger charge is 2.23. The van der Waals surface area contributed by atoms with Crippen LogP contribution < -0.4 is 15.1 Å². The third-order valence-corrected chi connectivity index (χ3v) is 6.05. The van der Waals surface area contributed by atoms with Crippen molar-refractivity contribution < 1.29 is 17.9 Å². The first kappa shape index (κ1) is 22.4. The normalized spacial score (nSPS) is 11.7. The number of likely N-dealkylation sites (N-methyl/N-ethyl adjacent to an activating group) is 1. The summed E-state index contributed by atoms with van der Waals surface area (Å²) in [6.07, 6.45) is 1.50. The van der Waals surface area contributed by atoms with Gasteiger partial charge in [-0.05, 0) is 48.4 Å². The molecular weight excluding hydrogens is 392 g/mol. The first-order valence-electron chi connectivity index (χ1n) is 8.85. The Bertz CT molecular complexity index is 986. The maximum absolute atomic E-state index is 12.7. The molecule has 0 aliphatic heterocycles. The van der Waals surface area contributed by atoms with E-state index in [1.807, 2.05) is 43.3 Å². The van der Waals surface area contributed by atoms with Gasteiger partial charge in [0.1, 0.15) is 5.75 Å². The minimum absolute atomic E-state index is 0.0931. The summed E-state index contributed by atoms with van der Waals surface area (Å²) in [6.45, 7) is 1.40. The van der Waals surface area contributed by atoms with Gasteiger partial charge < -0.3 is 9.64 Å². The second kappa shape index (κ2) is 9.53. The molecule has 0 radical (unpaired) electrons. The third-order valence-electron chi connectivity index (χ3n) is 4.25. The largest absolute Gasteiger partial charge is 0.496 e. The number of rotatable bonds is 8. The molecule has 0 spiro atoms. The lowest BCUT2D eigenvalue weighted by Crippen LogP contribution is -2.36. The fraction of sp³-hybridized carbons (Fsp3) is 0.300. The number of carbonyl (C=O) groups is 1. The number of hydrogen-bond acceptors (Lipinski definition) is 6. The van der Waals surface area contributed by atoms with Gasteiger partial charge in [0, 0.05) is 26.8 Å². The lowest BCUT2D eigenvalue weighted by atomic mass is 10.2. The van der Waals surface area contributed by atoms with E-state index in [9.17, 15) is 13.2 Å². The molecule has 0 heterocycles. The molecule has 29 heavy (non-hydrogen) atoms. The van der Waals surface area contributed by atoms with Gasteiger partial charge in [0.15, 0.2) is 0 Å². The summed E-state index contributed by atoms with van der Waals surface area (Å²) in [5, 5.41) is 3.88. The maximum Gasteiger partial charge on any atom is 0.255 e. The van der Waals surface area contributed by atoms with Gasteiger partial charge in [0.25, 0.3) is 5.91 Å². The molecule has 156 valence electrons. The number of benzene rings is 2. The van der Waals surface area contributed by atoms with Crippen molar-refractivity contribution in [1.82, 2.24) is 9.73 Å². The number of hydrogen-bond donors (Lipinski definition) is 1. The second-order valence-electron chi connectivity index (χ2n) is 6.67. The zero-order chi connectivity index (χ0) is 21.6. The van der Waals surface area contributed by atoms with Crippen LogP contribution >= 0.6 is 0 Å². The van der Waals surface area contributed by atoms with Crippen LogP contribution in [-0.2, 0) is 14.8 Å². The smallest absolute Gasteiger partial charge is 0.255 e. The summed E-state index contributed by atoms with van der Waals surface area (Å²) in [4.78, 5) is 14.1. The third kappa shape index (κ3) is 5.78. The molecule has 2 rings (SSSR count). The van der Waals surface area contributed by atoms with Crippen LogP contribution in [0.2, 0.25) is 0 Å². The molecule has 0 aliphatic carbocycles. The Labute approximate surface area is 171 Å². The van der Waals surface area contributed by atoms with Crippen LogP contribution in [0.4, 0.5) is 5.69 Å². The summed E-state index contributed by atoms with van der Waals surface area (Å²) in [5.41, 5.74) is 4.90. The summed E-state index contributed by atoms with van der Waals surface area (Å²) in [6, 6.07) is 12.1. The number of carbonyl (C=O) groups excluding carboxylic acids is 1. The van der Waals surface area contributed by atoms with Crippen molar-refractivity contribution in [2.75, 3.05) is 39.7 Å². The summed E-state index contributed by atoms with van der Waals surface area (Å²) >= 11 is 0. The zero-order valence-electron chi connectivity index (χ0n) is 17.2. The topological polar surface area (TPSA) is 91.3 Å². The van der Waals surface area contributed by atoms with Gasteiger partial charge in [-0.25, -0.2) is 13.8 Å². The van der Waals surface area contributed by atoms with Crippen molar-refractivity contribution in [3.05, 3.63) is 53.6 Å². The number of aryl methyl sites for hydroxylation is 1. The lowest BCUT2D eigenvalue weighted by Gasteiger charge is -2.17.